The Labute approximate surface area is 116 Å². The largest absolute Gasteiger partial charge is 0.456 e. The van der Waals surface area contributed by atoms with Gasteiger partial charge in [-0.1, -0.05) is 11.6 Å². The maximum atomic E-state index is 10.9. The molecule has 1 N–H and O–H groups in total. The molecule has 0 bridgehead atoms. The van der Waals surface area contributed by atoms with Gasteiger partial charge in [0.2, 0.25) is 5.91 Å². The molecule has 0 saturated heterocycles. The van der Waals surface area contributed by atoms with E-state index in [9.17, 15) is 4.79 Å². The zero-order chi connectivity index (χ0) is 13.8. The van der Waals surface area contributed by atoms with E-state index in [1.165, 1.54) is 6.92 Å². The van der Waals surface area contributed by atoms with Gasteiger partial charge < -0.3 is 10.1 Å². The second-order valence-corrected chi connectivity index (χ2v) is 4.44. The number of carbonyl (C=O) groups excluding carboxylic acids is 1. The van der Waals surface area contributed by atoms with E-state index in [0.717, 1.165) is 11.3 Å². The number of amides is 1. The van der Waals surface area contributed by atoms with Gasteiger partial charge in [0, 0.05) is 12.6 Å². The van der Waals surface area contributed by atoms with Crippen molar-refractivity contribution in [3.63, 3.8) is 0 Å². The van der Waals surface area contributed by atoms with Gasteiger partial charge in [-0.3, -0.25) is 4.79 Å². The van der Waals surface area contributed by atoms with Gasteiger partial charge in [-0.05, 0) is 42.8 Å². The fraction of sp³-hybridized carbons (Fsp3) is 0.143. The van der Waals surface area contributed by atoms with Gasteiger partial charge in [-0.15, -0.1) is 0 Å². The Morgan fingerprint density at radius 1 is 1.26 bits per heavy atom. The van der Waals surface area contributed by atoms with Gasteiger partial charge >= 0.3 is 0 Å². The fourth-order valence-corrected chi connectivity index (χ4v) is 1.64. The standard InChI is InChI=1S/C14H13ClN2O2/c1-9-7-13(8-16-14(9)15)19-12-5-3-11(4-6-12)17-10(2)18/h3-8H,1-2H3,(H,17,18). The van der Waals surface area contributed by atoms with Crippen LogP contribution in [0.25, 0.3) is 0 Å². The number of aromatic nitrogens is 1. The number of benzene rings is 1. The highest BCUT2D eigenvalue weighted by molar-refractivity contribution is 6.30. The smallest absolute Gasteiger partial charge is 0.221 e. The normalized spacial score (nSPS) is 10.1. The van der Waals surface area contributed by atoms with Crippen molar-refractivity contribution in [3.8, 4) is 11.5 Å². The number of halogens is 1. The van der Waals surface area contributed by atoms with E-state index in [1.54, 1.807) is 30.5 Å². The average Bonchev–Trinajstić information content (AvgIpc) is 2.36. The number of aryl methyl sites for hydroxylation is 1. The van der Waals surface area contributed by atoms with Gasteiger partial charge in [-0.2, -0.15) is 0 Å². The molecule has 0 aliphatic carbocycles. The first kappa shape index (κ1) is 13.4. The number of hydrogen-bond acceptors (Lipinski definition) is 3. The maximum absolute atomic E-state index is 10.9. The van der Waals surface area contributed by atoms with Crippen LogP contribution < -0.4 is 10.1 Å². The van der Waals surface area contributed by atoms with Crippen LogP contribution >= 0.6 is 11.6 Å². The van der Waals surface area contributed by atoms with Crippen LogP contribution in [0.15, 0.2) is 36.5 Å². The molecule has 0 aliphatic rings. The number of ether oxygens (including phenoxy) is 1. The SMILES string of the molecule is CC(=O)Nc1ccc(Oc2cnc(Cl)c(C)c2)cc1. The van der Waals surface area contributed by atoms with Crippen LogP contribution in [0.1, 0.15) is 12.5 Å². The Bertz CT molecular complexity index is 597. The first-order valence-corrected chi connectivity index (χ1v) is 6.10. The number of rotatable bonds is 3. The fourth-order valence-electron chi connectivity index (χ4n) is 1.53. The molecule has 2 rings (SSSR count). The van der Waals surface area contributed by atoms with Crippen molar-refractivity contribution in [2.24, 2.45) is 0 Å². The number of pyridine rings is 1. The van der Waals surface area contributed by atoms with E-state index in [4.69, 9.17) is 16.3 Å². The molecule has 1 amide bonds. The molecule has 0 radical (unpaired) electrons. The Balaban J connectivity index is 2.10. The molecule has 0 saturated carbocycles. The molecule has 0 fully saturated rings. The van der Waals surface area contributed by atoms with Crippen LogP contribution in [-0.4, -0.2) is 10.9 Å². The van der Waals surface area contributed by atoms with Crippen LogP contribution in [-0.2, 0) is 4.79 Å². The van der Waals surface area contributed by atoms with E-state index in [2.05, 4.69) is 10.3 Å². The summed E-state index contributed by atoms with van der Waals surface area (Å²) in [7, 11) is 0. The lowest BCUT2D eigenvalue weighted by Crippen LogP contribution is -2.05. The van der Waals surface area contributed by atoms with Crippen LogP contribution in [0.5, 0.6) is 11.5 Å². The third kappa shape index (κ3) is 3.69. The second-order valence-electron chi connectivity index (χ2n) is 4.09. The lowest BCUT2D eigenvalue weighted by molar-refractivity contribution is -0.114. The highest BCUT2D eigenvalue weighted by Gasteiger charge is 2.02. The number of nitrogens with zero attached hydrogens (tertiary/aromatic N) is 1. The minimum atomic E-state index is -0.105. The van der Waals surface area contributed by atoms with E-state index < -0.39 is 0 Å². The summed E-state index contributed by atoms with van der Waals surface area (Å²) in [4.78, 5) is 14.9. The molecule has 4 nitrogen and oxygen atoms in total. The minimum Gasteiger partial charge on any atom is -0.456 e. The van der Waals surface area contributed by atoms with E-state index >= 15 is 0 Å². The van der Waals surface area contributed by atoms with Crippen molar-refractivity contribution < 1.29 is 9.53 Å². The number of nitrogens with one attached hydrogen (secondary N) is 1. The third-order valence-electron chi connectivity index (χ3n) is 2.40. The van der Waals surface area contributed by atoms with Crippen molar-refractivity contribution in [2.75, 3.05) is 5.32 Å². The number of carbonyl (C=O) groups is 1. The highest BCUT2D eigenvalue weighted by Crippen LogP contribution is 2.25. The van der Waals surface area contributed by atoms with Gasteiger partial charge in [0.05, 0.1) is 6.20 Å². The van der Waals surface area contributed by atoms with Crippen LogP contribution in [0.4, 0.5) is 5.69 Å². The summed E-state index contributed by atoms with van der Waals surface area (Å²) in [5.41, 5.74) is 1.58. The quantitative estimate of drug-likeness (QED) is 0.868. The van der Waals surface area contributed by atoms with Gasteiger partial charge in [0.25, 0.3) is 0 Å². The lowest BCUT2D eigenvalue weighted by atomic mass is 10.3. The van der Waals surface area contributed by atoms with Crippen molar-refractivity contribution >= 4 is 23.2 Å². The zero-order valence-electron chi connectivity index (χ0n) is 10.6. The molecule has 1 heterocycles. The van der Waals surface area contributed by atoms with Gasteiger partial charge in [-0.25, -0.2) is 4.98 Å². The van der Waals surface area contributed by atoms with E-state index in [0.29, 0.717) is 16.7 Å². The zero-order valence-corrected chi connectivity index (χ0v) is 11.4. The lowest BCUT2D eigenvalue weighted by Gasteiger charge is -2.08. The molecule has 1 aromatic carbocycles. The maximum Gasteiger partial charge on any atom is 0.221 e. The topological polar surface area (TPSA) is 51.2 Å². The van der Waals surface area contributed by atoms with Crippen LogP contribution in [0, 0.1) is 6.92 Å². The summed E-state index contributed by atoms with van der Waals surface area (Å²) < 4.78 is 5.64. The second kappa shape index (κ2) is 5.71. The Morgan fingerprint density at radius 3 is 2.53 bits per heavy atom. The van der Waals surface area contributed by atoms with Crippen molar-refractivity contribution in [1.82, 2.24) is 4.98 Å². The molecule has 19 heavy (non-hydrogen) atoms. The molecular formula is C14H13ClN2O2. The molecule has 98 valence electrons. The molecule has 0 aliphatic heterocycles. The predicted octanol–water partition coefficient (Wildman–Crippen LogP) is 3.79. The highest BCUT2D eigenvalue weighted by atomic mass is 35.5. The summed E-state index contributed by atoms with van der Waals surface area (Å²) >= 11 is 5.85. The van der Waals surface area contributed by atoms with E-state index in [-0.39, 0.29) is 5.91 Å². The number of hydrogen-bond donors (Lipinski definition) is 1. The van der Waals surface area contributed by atoms with Crippen molar-refractivity contribution in [3.05, 3.63) is 47.2 Å². The van der Waals surface area contributed by atoms with Crippen molar-refractivity contribution in [2.45, 2.75) is 13.8 Å². The van der Waals surface area contributed by atoms with Crippen molar-refractivity contribution in [1.29, 1.82) is 0 Å². The van der Waals surface area contributed by atoms with E-state index in [1.807, 2.05) is 13.0 Å². The van der Waals surface area contributed by atoms with Gasteiger partial charge in [0.1, 0.15) is 16.7 Å². The molecule has 0 spiro atoms. The molecule has 1 aromatic heterocycles. The van der Waals surface area contributed by atoms with Crippen LogP contribution in [0.3, 0.4) is 0 Å². The van der Waals surface area contributed by atoms with Gasteiger partial charge in [0.15, 0.2) is 0 Å². The summed E-state index contributed by atoms with van der Waals surface area (Å²) in [6.07, 6.45) is 1.57. The summed E-state index contributed by atoms with van der Waals surface area (Å²) in [5.74, 6) is 1.18. The first-order valence-electron chi connectivity index (χ1n) is 5.72. The molecule has 0 atom stereocenters. The third-order valence-corrected chi connectivity index (χ3v) is 2.80. The molecular weight excluding hydrogens is 264 g/mol. The minimum absolute atomic E-state index is 0.105. The predicted molar refractivity (Wildman–Crippen MR) is 74.8 cm³/mol. The Morgan fingerprint density at radius 2 is 1.95 bits per heavy atom. The Hall–Kier alpha value is -2.07. The molecule has 2 aromatic rings. The Kier molecular flexibility index (Phi) is 4.02. The first-order chi connectivity index (χ1) is 9.04. The average molecular weight is 277 g/mol. The summed E-state index contributed by atoms with van der Waals surface area (Å²) in [6, 6.07) is 8.90. The molecule has 5 heteroatoms. The van der Waals surface area contributed by atoms with Crippen LogP contribution in [0.2, 0.25) is 5.15 Å². The molecule has 0 unspecified atom stereocenters. The monoisotopic (exact) mass is 276 g/mol. The number of anilines is 1. The summed E-state index contributed by atoms with van der Waals surface area (Å²) in [5, 5.41) is 3.15. The summed E-state index contributed by atoms with van der Waals surface area (Å²) in [6.45, 7) is 3.33.